The molecule has 1 aliphatic rings. The molecule has 8 nitrogen and oxygen atoms in total. The molecule has 1 aliphatic heterocycles. The van der Waals surface area contributed by atoms with Crippen LogP contribution in [0.15, 0.2) is 70.3 Å². The predicted octanol–water partition coefficient (Wildman–Crippen LogP) is 2.69. The number of aromatic nitrogens is 1. The van der Waals surface area contributed by atoms with Crippen LogP contribution >= 0.6 is 0 Å². The normalized spacial score (nSPS) is 19.3. The van der Waals surface area contributed by atoms with Crippen LogP contribution < -0.4 is 5.73 Å². The van der Waals surface area contributed by atoms with Crippen molar-refractivity contribution in [3.63, 3.8) is 0 Å². The Hall–Kier alpha value is -3.65. The number of esters is 1. The maximum atomic E-state index is 12.6. The van der Waals surface area contributed by atoms with Gasteiger partial charge < -0.3 is 24.9 Å². The average Bonchev–Trinajstić information content (AvgIpc) is 3.42. The summed E-state index contributed by atoms with van der Waals surface area (Å²) in [6.45, 7) is 0. The van der Waals surface area contributed by atoms with E-state index in [4.69, 9.17) is 19.8 Å². The number of hydrogen-bond acceptors (Lipinski definition) is 8. The van der Waals surface area contributed by atoms with Crippen molar-refractivity contribution in [3.05, 3.63) is 72.0 Å². The van der Waals surface area contributed by atoms with Gasteiger partial charge in [-0.25, -0.2) is 4.79 Å². The lowest BCUT2D eigenvalue weighted by Crippen LogP contribution is -2.45. The monoisotopic (exact) mass is 393 g/mol. The van der Waals surface area contributed by atoms with Gasteiger partial charge >= 0.3 is 5.97 Å². The second-order valence-electron chi connectivity index (χ2n) is 6.70. The molecule has 148 valence electrons. The van der Waals surface area contributed by atoms with E-state index in [0.717, 1.165) is 5.56 Å². The van der Waals surface area contributed by atoms with Crippen LogP contribution in [0.4, 0.5) is 5.69 Å². The van der Waals surface area contributed by atoms with Gasteiger partial charge in [0.25, 0.3) is 5.60 Å². The summed E-state index contributed by atoms with van der Waals surface area (Å²) in [6.07, 6.45) is -1.51. The third-order valence-electron chi connectivity index (χ3n) is 4.81. The van der Waals surface area contributed by atoms with Crippen LogP contribution in [0, 0.1) is 0 Å². The first-order valence-corrected chi connectivity index (χ1v) is 8.93. The number of ether oxygens (including phenoxy) is 1. The summed E-state index contributed by atoms with van der Waals surface area (Å²) in [5, 5.41) is 19.0. The van der Waals surface area contributed by atoms with E-state index in [1.54, 1.807) is 30.3 Å². The zero-order chi connectivity index (χ0) is 20.4. The van der Waals surface area contributed by atoms with Gasteiger partial charge in [-0.2, -0.15) is 0 Å². The minimum absolute atomic E-state index is 0.0222. The van der Waals surface area contributed by atoms with Crippen molar-refractivity contribution >= 4 is 17.4 Å². The number of oxime groups is 1. The molecule has 2 heterocycles. The van der Waals surface area contributed by atoms with Crippen LogP contribution in [-0.2, 0) is 14.4 Å². The summed E-state index contributed by atoms with van der Waals surface area (Å²) in [5.74, 6) is -0.705. The molecule has 0 bridgehead atoms. The largest absolute Gasteiger partial charge is 0.466 e. The lowest BCUT2D eigenvalue weighted by atomic mass is 9.87. The standard InChI is InChI=1S/C21H19N3O5/c1-27-20(26)21(12-17(24-29-21)14-8-5-9-15(22)10-14)19(25)18-11-16(23-28-18)13-6-3-2-4-7-13/h2-11,19,25H,12,22H2,1H3/t19-,21-/m0/s1. The minimum atomic E-state index is -1.79. The summed E-state index contributed by atoms with van der Waals surface area (Å²) in [5.41, 5.74) is 7.07. The minimum Gasteiger partial charge on any atom is -0.466 e. The Balaban J connectivity index is 1.65. The molecule has 3 N–H and O–H groups in total. The number of benzene rings is 2. The highest BCUT2D eigenvalue weighted by Crippen LogP contribution is 2.40. The van der Waals surface area contributed by atoms with Gasteiger partial charge in [-0.05, 0) is 12.1 Å². The fourth-order valence-corrected chi connectivity index (χ4v) is 3.26. The number of carbonyl (C=O) groups is 1. The van der Waals surface area contributed by atoms with E-state index in [-0.39, 0.29) is 12.2 Å². The van der Waals surface area contributed by atoms with Crippen LogP contribution in [0.5, 0.6) is 0 Å². The predicted molar refractivity (Wildman–Crippen MR) is 105 cm³/mol. The van der Waals surface area contributed by atoms with Crippen LogP contribution in [-0.4, -0.2) is 34.7 Å². The third-order valence-corrected chi connectivity index (χ3v) is 4.81. The lowest BCUT2D eigenvalue weighted by molar-refractivity contribution is -0.184. The zero-order valence-electron chi connectivity index (χ0n) is 15.6. The van der Waals surface area contributed by atoms with Crippen molar-refractivity contribution in [3.8, 4) is 11.3 Å². The number of methoxy groups -OCH3 is 1. The third kappa shape index (κ3) is 3.34. The van der Waals surface area contributed by atoms with Crippen LogP contribution in [0.3, 0.4) is 0 Å². The number of aliphatic hydroxyl groups excluding tert-OH is 1. The fraction of sp³-hybridized carbons (Fsp3) is 0.190. The fourth-order valence-electron chi connectivity index (χ4n) is 3.26. The molecule has 0 saturated heterocycles. The number of nitrogens with two attached hydrogens (primary N) is 1. The van der Waals surface area contributed by atoms with Gasteiger partial charge in [0, 0.05) is 22.9 Å². The molecule has 0 radical (unpaired) electrons. The van der Waals surface area contributed by atoms with Crippen molar-refractivity contribution in [1.29, 1.82) is 0 Å². The Morgan fingerprint density at radius 2 is 1.93 bits per heavy atom. The summed E-state index contributed by atoms with van der Waals surface area (Å²) in [4.78, 5) is 18.1. The molecule has 0 aliphatic carbocycles. The number of rotatable bonds is 5. The van der Waals surface area contributed by atoms with Crippen LogP contribution in [0.2, 0.25) is 0 Å². The molecule has 3 aromatic rings. The van der Waals surface area contributed by atoms with Crippen LogP contribution in [0.25, 0.3) is 11.3 Å². The van der Waals surface area contributed by atoms with E-state index < -0.39 is 17.7 Å². The van der Waals surface area contributed by atoms with Crippen molar-refractivity contribution in [2.45, 2.75) is 18.1 Å². The van der Waals surface area contributed by atoms with Crippen molar-refractivity contribution in [2.75, 3.05) is 12.8 Å². The quantitative estimate of drug-likeness (QED) is 0.505. The smallest absolute Gasteiger partial charge is 0.356 e. The van der Waals surface area contributed by atoms with E-state index >= 15 is 0 Å². The molecule has 0 fully saturated rings. The molecule has 0 saturated carbocycles. The van der Waals surface area contributed by atoms with Gasteiger partial charge in [-0.3, -0.25) is 0 Å². The Kier molecular flexibility index (Phi) is 4.77. The van der Waals surface area contributed by atoms with Gasteiger partial charge in [-0.1, -0.05) is 52.8 Å². The first kappa shape index (κ1) is 18.7. The highest BCUT2D eigenvalue weighted by Gasteiger charge is 2.56. The van der Waals surface area contributed by atoms with E-state index in [1.165, 1.54) is 7.11 Å². The van der Waals surface area contributed by atoms with Gasteiger partial charge in [-0.15, -0.1) is 0 Å². The molecule has 0 spiro atoms. The Morgan fingerprint density at radius 1 is 1.17 bits per heavy atom. The lowest BCUT2D eigenvalue weighted by Gasteiger charge is -2.26. The van der Waals surface area contributed by atoms with Gasteiger partial charge in [0.05, 0.1) is 19.2 Å². The number of hydrogen-bond donors (Lipinski definition) is 2. The number of aliphatic hydroxyl groups is 1. The number of nitrogen functional groups attached to an aromatic ring is 1. The van der Waals surface area contributed by atoms with E-state index in [1.807, 2.05) is 30.3 Å². The molecule has 2 atom stereocenters. The number of carbonyl (C=O) groups excluding carboxylic acids is 1. The highest BCUT2D eigenvalue weighted by molar-refractivity contribution is 6.05. The molecule has 2 aromatic carbocycles. The maximum Gasteiger partial charge on any atom is 0.356 e. The van der Waals surface area contributed by atoms with Gasteiger partial charge in [0.1, 0.15) is 5.69 Å². The molecular weight excluding hydrogens is 374 g/mol. The molecule has 8 heteroatoms. The highest BCUT2D eigenvalue weighted by atomic mass is 16.7. The van der Waals surface area contributed by atoms with Crippen molar-refractivity contribution in [2.24, 2.45) is 5.16 Å². The Morgan fingerprint density at radius 3 is 2.66 bits per heavy atom. The SMILES string of the molecule is COC(=O)[C@@]1([C@@H](O)c2cc(-c3ccccc3)no2)CC(c2cccc(N)c2)=NO1. The van der Waals surface area contributed by atoms with E-state index in [2.05, 4.69) is 10.3 Å². The molecule has 4 rings (SSSR count). The summed E-state index contributed by atoms with van der Waals surface area (Å²) in [6, 6.07) is 17.9. The van der Waals surface area contributed by atoms with Gasteiger partial charge in [0.2, 0.25) is 0 Å². The second-order valence-corrected chi connectivity index (χ2v) is 6.70. The molecular formula is C21H19N3O5. The Labute approximate surface area is 166 Å². The van der Waals surface area contributed by atoms with E-state index in [9.17, 15) is 9.90 Å². The number of anilines is 1. The zero-order valence-corrected chi connectivity index (χ0v) is 15.6. The molecule has 0 unspecified atom stereocenters. The number of nitrogens with zero attached hydrogens (tertiary/aromatic N) is 2. The average molecular weight is 393 g/mol. The van der Waals surface area contributed by atoms with E-state index in [0.29, 0.717) is 22.7 Å². The van der Waals surface area contributed by atoms with Crippen LogP contribution in [0.1, 0.15) is 23.8 Å². The molecule has 0 amide bonds. The topological polar surface area (TPSA) is 120 Å². The summed E-state index contributed by atoms with van der Waals surface area (Å²) in [7, 11) is 1.22. The van der Waals surface area contributed by atoms with Crippen molar-refractivity contribution in [1.82, 2.24) is 5.16 Å². The summed E-state index contributed by atoms with van der Waals surface area (Å²) >= 11 is 0. The first-order chi connectivity index (χ1) is 14.0. The first-order valence-electron chi connectivity index (χ1n) is 8.93. The Bertz CT molecular complexity index is 1060. The second kappa shape index (κ2) is 7.40. The van der Waals surface area contributed by atoms with Gasteiger partial charge in [0.15, 0.2) is 11.9 Å². The summed E-state index contributed by atoms with van der Waals surface area (Å²) < 4.78 is 10.2. The maximum absolute atomic E-state index is 12.6. The molecule has 29 heavy (non-hydrogen) atoms. The molecule has 1 aromatic heterocycles. The van der Waals surface area contributed by atoms with Crippen molar-refractivity contribution < 1.29 is 24.0 Å².